The maximum Gasteiger partial charge on any atom is 0.317 e. The van der Waals surface area contributed by atoms with Gasteiger partial charge in [0, 0.05) is 0 Å². The summed E-state index contributed by atoms with van der Waals surface area (Å²) < 4.78 is 10.8. The fourth-order valence-corrected chi connectivity index (χ4v) is 1.95. The van der Waals surface area contributed by atoms with Crippen LogP contribution in [-0.4, -0.2) is 20.4 Å². The normalized spacial score (nSPS) is 14.9. The maximum absolute atomic E-state index is 9.19. The van der Waals surface area contributed by atoms with Gasteiger partial charge >= 0.3 is 9.28 Å². The first kappa shape index (κ1) is 12.4. The molecule has 0 aliphatic carbocycles. The lowest BCUT2D eigenvalue weighted by Crippen LogP contribution is -2.24. The zero-order valence-corrected chi connectivity index (χ0v) is 10.4. The monoisotopic (exact) mass is 226 g/mol. The van der Waals surface area contributed by atoms with Gasteiger partial charge in [-0.15, -0.1) is 0 Å². The van der Waals surface area contributed by atoms with Crippen LogP contribution in [0.4, 0.5) is 0 Å². The van der Waals surface area contributed by atoms with Gasteiger partial charge in [-0.1, -0.05) is 37.3 Å². The van der Waals surface area contributed by atoms with Crippen LogP contribution in [0.5, 0.6) is 0 Å². The topological polar surface area (TPSA) is 38.7 Å². The van der Waals surface area contributed by atoms with E-state index in [9.17, 15) is 4.80 Å². The van der Waals surface area contributed by atoms with Gasteiger partial charge in [0.2, 0.25) is 0 Å². The molecule has 0 saturated carbocycles. The molecule has 1 N–H and O–H groups in total. The molecule has 1 aromatic carbocycles. The average Bonchev–Trinajstić information content (AvgIpc) is 2.25. The molecule has 0 saturated heterocycles. The highest BCUT2D eigenvalue weighted by molar-refractivity contribution is 6.40. The summed E-state index contributed by atoms with van der Waals surface area (Å²) >= 11 is 0. The van der Waals surface area contributed by atoms with Crippen molar-refractivity contribution in [3.8, 4) is 0 Å². The highest BCUT2D eigenvalue weighted by atomic mass is 28.3. The zero-order chi connectivity index (χ0) is 11.1. The van der Waals surface area contributed by atoms with Crippen molar-refractivity contribution in [3.63, 3.8) is 0 Å². The van der Waals surface area contributed by atoms with Crippen LogP contribution in [0.3, 0.4) is 0 Å². The second-order valence-electron chi connectivity index (χ2n) is 3.37. The number of ether oxygens (including phenoxy) is 1. The lowest BCUT2D eigenvalue weighted by atomic mass is 10.2. The van der Waals surface area contributed by atoms with Crippen LogP contribution < -0.4 is 0 Å². The third-order valence-corrected chi connectivity index (χ3v) is 2.66. The van der Waals surface area contributed by atoms with E-state index in [1.54, 1.807) is 6.55 Å². The summed E-state index contributed by atoms with van der Waals surface area (Å²) in [7, 11) is -2.00. The number of hydrogen-bond acceptors (Lipinski definition) is 3. The van der Waals surface area contributed by atoms with Crippen molar-refractivity contribution in [2.45, 2.75) is 32.8 Å². The fraction of sp³-hybridized carbons (Fsp3) is 0.455. The van der Waals surface area contributed by atoms with Gasteiger partial charge in [0.25, 0.3) is 0 Å². The SMILES string of the molecule is CCC(OCc1ccccc1)O[SiH](C)O. The minimum atomic E-state index is -2.00. The van der Waals surface area contributed by atoms with Crippen LogP contribution in [0.2, 0.25) is 6.55 Å². The molecule has 4 heteroatoms. The molecule has 0 radical (unpaired) electrons. The predicted octanol–water partition coefficient (Wildman–Crippen LogP) is 1.80. The molecule has 3 nitrogen and oxygen atoms in total. The van der Waals surface area contributed by atoms with Gasteiger partial charge < -0.3 is 14.0 Å². The summed E-state index contributed by atoms with van der Waals surface area (Å²) in [5, 5.41) is 0. The third-order valence-electron chi connectivity index (χ3n) is 1.96. The van der Waals surface area contributed by atoms with E-state index in [0.29, 0.717) is 6.61 Å². The number of rotatable bonds is 6. The van der Waals surface area contributed by atoms with E-state index in [2.05, 4.69) is 0 Å². The second kappa shape index (κ2) is 6.74. The van der Waals surface area contributed by atoms with Crippen LogP contribution in [0.1, 0.15) is 18.9 Å². The van der Waals surface area contributed by atoms with Crippen LogP contribution in [0.15, 0.2) is 30.3 Å². The Morgan fingerprint density at radius 1 is 1.33 bits per heavy atom. The molecule has 84 valence electrons. The summed E-state index contributed by atoms with van der Waals surface area (Å²) in [5.74, 6) is 0. The molecule has 15 heavy (non-hydrogen) atoms. The Morgan fingerprint density at radius 2 is 2.00 bits per heavy atom. The Morgan fingerprint density at radius 3 is 2.53 bits per heavy atom. The van der Waals surface area contributed by atoms with Crippen molar-refractivity contribution in [1.82, 2.24) is 0 Å². The van der Waals surface area contributed by atoms with Crippen LogP contribution in [-0.2, 0) is 15.8 Å². The summed E-state index contributed by atoms with van der Waals surface area (Å²) in [6.07, 6.45) is 0.474. The number of benzene rings is 1. The summed E-state index contributed by atoms with van der Waals surface area (Å²) in [5.41, 5.74) is 1.12. The molecule has 0 bridgehead atoms. The molecule has 1 rings (SSSR count). The van der Waals surface area contributed by atoms with E-state index in [0.717, 1.165) is 12.0 Å². The fourth-order valence-electron chi connectivity index (χ4n) is 1.24. The molecule has 0 heterocycles. The van der Waals surface area contributed by atoms with Crippen molar-refractivity contribution in [1.29, 1.82) is 0 Å². The lowest BCUT2D eigenvalue weighted by molar-refractivity contribution is -0.0998. The number of hydrogen-bond donors (Lipinski definition) is 1. The predicted molar refractivity (Wildman–Crippen MR) is 61.6 cm³/mol. The molecule has 0 fully saturated rings. The summed E-state index contributed by atoms with van der Waals surface area (Å²) in [6.45, 7) is 4.22. The quantitative estimate of drug-likeness (QED) is 0.594. The standard InChI is InChI=1S/C11H18O3Si/c1-3-11(14-15(2)12)13-9-10-7-5-4-6-8-10/h4-8,11-12,15H,3,9H2,1-2H3. The molecule has 2 unspecified atom stereocenters. The van der Waals surface area contributed by atoms with Gasteiger partial charge in [-0.2, -0.15) is 0 Å². The Bertz CT molecular complexity index is 264. The molecule has 0 amide bonds. The van der Waals surface area contributed by atoms with Crippen molar-refractivity contribution < 1.29 is 14.0 Å². The van der Waals surface area contributed by atoms with E-state index >= 15 is 0 Å². The van der Waals surface area contributed by atoms with Crippen molar-refractivity contribution in [2.24, 2.45) is 0 Å². The van der Waals surface area contributed by atoms with Gasteiger partial charge in [0.05, 0.1) is 6.61 Å². The van der Waals surface area contributed by atoms with Gasteiger partial charge in [0.1, 0.15) is 6.29 Å². The smallest absolute Gasteiger partial charge is 0.317 e. The Labute approximate surface area is 92.5 Å². The van der Waals surface area contributed by atoms with Crippen LogP contribution in [0, 0.1) is 0 Å². The maximum atomic E-state index is 9.19. The first-order chi connectivity index (χ1) is 7.22. The van der Waals surface area contributed by atoms with E-state index in [4.69, 9.17) is 9.16 Å². The van der Waals surface area contributed by atoms with E-state index in [1.165, 1.54) is 0 Å². The van der Waals surface area contributed by atoms with Crippen LogP contribution in [0.25, 0.3) is 0 Å². The second-order valence-corrected chi connectivity index (χ2v) is 4.84. The van der Waals surface area contributed by atoms with E-state index in [-0.39, 0.29) is 6.29 Å². The molecular weight excluding hydrogens is 208 g/mol. The molecule has 0 aromatic heterocycles. The van der Waals surface area contributed by atoms with Gasteiger partial charge in [0.15, 0.2) is 0 Å². The van der Waals surface area contributed by atoms with E-state index < -0.39 is 9.28 Å². The first-order valence-electron chi connectivity index (χ1n) is 5.21. The first-order valence-corrected chi connectivity index (χ1v) is 7.35. The zero-order valence-electron chi connectivity index (χ0n) is 9.22. The minimum Gasteiger partial charge on any atom is -0.413 e. The average molecular weight is 226 g/mol. The highest BCUT2D eigenvalue weighted by Crippen LogP contribution is 2.07. The lowest BCUT2D eigenvalue weighted by Gasteiger charge is -2.18. The van der Waals surface area contributed by atoms with E-state index in [1.807, 2.05) is 37.3 Å². The molecule has 0 aliphatic rings. The molecule has 0 aliphatic heterocycles. The van der Waals surface area contributed by atoms with Crippen molar-refractivity contribution in [2.75, 3.05) is 0 Å². The van der Waals surface area contributed by atoms with Crippen molar-refractivity contribution in [3.05, 3.63) is 35.9 Å². The summed E-state index contributed by atoms with van der Waals surface area (Å²) in [6, 6.07) is 9.94. The Kier molecular flexibility index (Phi) is 5.56. The van der Waals surface area contributed by atoms with Gasteiger partial charge in [-0.05, 0) is 18.5 Å². The van der Waals surface area contributed by atoms with Crippen LogP contribution >= 0.6 is 0 Å². The molecule has 0 spiro atoms. The largest absolute Gasteiger partial charge is 0.413 e. The molecule has 2 atom stereocenters. The Hall–Kier alpha value is -0.683. The third kappa shape index (κ3) is 5.08. The van der Waals surface area contributed by atoms with Gasteiger partial charge in [-0.3, -0.25) is 0 Å². The Balaban J connectivity index is 2.34. The highest BCUT2D eigenvalue weighted by Gasteiger charge is 2.10. The molecule has 1 aromatic rings. The minimum absolute atomic E-state index is 0.281. The van der Waals surface area contributed by atoms with Gasteiger partial charge in [-0.25, -0.2) is 0 Å². The van der Waals surface area contributed by atoms with Crippen molar-refractivity contribution >= 4 is 9.28 Å². The molecular formula is C11H18O3Si. The summed E-state index contributed by atoms with van der Waals surface area (Å²) in [4.78, 5) is 9.19.